The number of aliphatic hydroxyl groups excluding tert-OH is 1. The molecule has 5 heteroatoms. The third-order valence-electron chi connectivity index (χ3n) is 4.48. The predicted molar refractivity (Wildman–Crippen MR) is 89.3 cm³/mol. The number of nitrogens with zero attached hydrogens (tertiary/aromatic N) is 1. The van der Waals surface area contributed by atoms with Crippen molar-refractivity contribution in [2.24, 2.45) is 0 Å². The van der Waals surface area contributed by atoms with Crippen LogP contribution in [0.1, 0.15) is 47.7 Å². The lowest BCUT2D eigenvalue weighted by molar-refractivity contribution is -0.131. The monoisotopic (exact) mass is 318 g/mol. The molecule has 0 radical (unpaired) electrons. The molecule has 1 aromatic carbocycles. The topological polar surface area (TPSA) is 69.6 Å². The van der Waals surface area contributed by atoms with Crippen LogP contribution in [-0.4, -0.2) is 47.1 Å². The van der Waals surface area contributed by atoms with E-state index in [9.17, 15) is 14.7 Å². The lowest BCUT2D eigenvalue weighted by Gasteiger charge is -2.25. The molecule has 2 N–H and O–H groups in total. The van der Waals surface area contributed by atoms with Crippen LogP contribution in [0.2, 0.25) is 0 Å². The van der Waals surface area contributed by atoms with Gasteiger partial charge in [0.25, 0.3) is 5.91 Å². The Morgan fingerprint density at radius 3 is 2.74 bits per heavy atom. The van der Waals surface area contributed by atoms with Gasteiger partial charge in [-0.2, -0.15) is 0 Å². The minimum atomic E-state index is -0.418. The average Bonchev–Trinajstić information content (AvgIpc) is 2.94. The first-order valence-electron chi connectivity index (χ1n) is 8.21. The summed E-state index contributed by atoms with van der Waals surface area (Å²) in [5.74, 6) is -0.307. The molecule has 0 aliphatic carbocycles. The second-order valence-corrected chi connectivity index (χ2v) is 6.45. The van der Waals surface area contributed by atoms with E-state index in [1.807, 2.05) is 26.0 Å². The molecule has 0 spiro atoms. The van der Waals surface area contributed by atoms with E-state index < -0.39 is 6.10 Å². The molecule has 2 atom stereocenters. The number of nitrogens with one attached hydrogen (secondary N) is 1. The van der Waals surface area contributed by atoms with Crippen molar-refractivity contribution in [1.29, 1.82) is 0 Å². The number of carbonyl (C=O) groups is 2. The summed E-state index contributed by atoms with van der Waals surface area (Å²) in [6.45, 7) is 6.40. The first kappa shape index (κ1) is 17.5. The first-order chi connectivity index (χ1) is 10.9. The third kappa shape index (κ3) is 4.55. The fourth-order valence-electron chi connectivity index (χ4n) is 3.05. The number of aliphatic hydroxyl groups is 1. The fourth-order valence-corrected chi connectivity index (χ4v) is 3.05. The number of carbonyl (C=O) groups excluding carboxylic acids is 2. The summed E-state index contributed by atoms with van der Waals surface area (Å²) in [6.07, 6.45) is 2.05. The molecule has 1 aliphatic rings. The summed E-state index contributed by atoms with van der Waals surface area (Å²) >= 11 is 0. The lowest BCUT2D eigenvalue weighted by Crippen LogP contribution is -2.43. The van der Waals surface area contributed by atoms with Crippen LogP contribution in [-0.2, 0) is 4.79 Å². The Morgan fingerprint density at radius 1 is 1.35 bits per heavy atom. The molecule has 23 heavy (non-hydrogen) atoms. The quantitative estimate of drug-likeness (QED) is 0.870. The van der Waals surface area contributed by atoms with Crippen LogP contribution < -0.4 is 5.32 Å². The van der Waals surface area contributed by atoms with Crippen LogP contribution in [0.15, 0.2) is 18.2 Å². The van der Waals surface area contributed by atoms with E-state index in [2.05, 4.69) is 5.32 Å². The van der Waals surface area contributed by atoms with Gasteiger partial charge in [-0.05, 0) is 63.3 Å². The Morgan fingerprint density at radius 2 is 2.09 bits per heavy atom. The van der Waals surface area contributed by atoms with Crippen LogP contribution in [0.5, 0.6) is 0 Å². The number of aryl methyl sites for hydroxylation is 2. The van der Waals surface area contributed by atoms with Crippen molar-refractivity contribution in [1.82, 2.24) is 10.2 Å². The molecule has 1 saturated heterocycles. The van der Waals surface area contributed by atoms with Crippen molar-refractivity contribution in [3.05, 3.63) is 34.9 Å². The van der Waals surface area contributed by atoms with E-state index in [1.54, 1.807) is 17.9 Å². The van der Waals surface area contributed by atoms with Crippen molar-refractivity contribution in [2.75, 3.05) is 13.1 Å². The van der Waals surface area contributed by atoms with Gasteiger partial charge in [0.05, 0.1) is 12.6 Å². The molecule has 0 aromatic heterocycles. The normalized spacial score (nSPS) is 18.8. The third-order valence-corrected chi connectivity index (χ3v) is 4.48. The number of benzene rings is 1. The maximum absolute atomic E-state index is 12.3. The highest BCUT2D eigenvalue weighted by Gasteiger charge is 2.29. The molecular formula is C18H26N2O3. The Labute approximate surface area is 137 Å². The van der Waals surface area contributed by atoms with E-state index in [1.165, 1.54) is 0 Å². The fraction of sp³-hybridized carbons (Fsp3) is 0.556. The Balaban J connectivity index is 1.90. The zero-order chi connectivity index (χ0) is 17.0. The number of amides is 2. The molecule has 2 unspecified atom stereocenters. The summed E-state index contributed by atoms with van der Waals surface area (Å²) in [7, 11) is 0. The SMILES string of the molecule is Cc1ccc(C(=O)NCC(=O)N2CCCC2CC(C)O)cc1C. The van der Waals surface area contributed by atoms with Crippen molar-refractivity contribution in [3.8, 4) is 0 Å². The van der Waals surface area contributed by atoms with Crippen molar-refractivity contribution in [3.63, 3.8) is 0 Å². The van der Waals surface area contributed by atoms with Crippen molar-refractivity contribution >= 4 is 11.8 Å². The maximum Gasteiger partial charge on any atom is 0.251 e. The number of likely N-dealkylation sites (tertiary alicyclic amines) is 1. The van der Waals surface area contributed by atoms with Crippen LogP contribution >= 0.6 is 0 Å². The van der Waals surface area contributed by atoms with Gasteiger partial charge in [0, 0.05) is 18.2 Å². The molecule has 2 rings (SSSR count). The van der Waals surface area contributed by atoms with E-state index in [0.29, 0.717) is 18.5 Å². The summed E-state index contributed by atoms with van der Waals surface area (Å²) in [6, 6.07) is 5.60. The zero-order valence-electron chi connectivity index (χ0n) is 14.1. The summed E-state index contributed by atoms with van der Waals surface area (Å²) in [4.78, 5) is 26.3. The van der Waals surface area contributed by atoms with Crippen LogP contribution in [0.3, 0.4) is 0 Å². The van der Waals surface area contributed by atoms with E-state index >= 15 is 0 Å². The largest absolute Gasteiger partial charge is 0.393 e. The molecule has 1 heterocycles. The molecule has 5 nitrogen and oxygen atoms in total. The van der Waals surface area contributed by atoms with E-state index in [0.717, 1.165) is 24.0 Å². The first-order valence-corrected chi connectivity index (χ1v) is 8.21. The standard InChI is InChI=1S/C18H26N2O3/c1-12-6-7-15(9-13(12)2)18(23)19-11-17(22)20-8-4-5-16(20)10-14(3)21/h6-7,9,14,16,21H,4-5,8,10-11H2,1-3H3,(H,19,23). The van der Waals surface area contributed by atoms with Crippen LogP contribution in [0, 0.1) is 13.8 Å². The Bertz CT molecular complexity index is 584. The summed E-state index contributed by atoms with van der Waals surface area (Å²) < 4.78 is 0. The van der Waals surface area contributed by atoms with Gasteiger partial charge < -0.3 is 15.3 Å². The van der Waals surface area contributed by atoms with Gasteiger partial charge in [-0.25, -0.2) is 0 Å². The minimum Gasteiger partial charge on any atom is -0.393 e. The molecule has 126 valence electrons. The average molecular weight is 318 g/mol. The highest BCUT2D eigenvalue weighted by molar-refractivity contribution is 5.96. The van der Waals surface area contributed by atoms with Gasteiger partial charge in [-0.3, -0.25) is 9.59 Å². The molecule has 0 bridgehead atoms. The Hall–Kier alpha value is -1.88. The van der Waals surface area contributed by atoms with Crippen molar-refractivity contribution in [2.45, 2.75) is 52.2 Å². The minimum absolute atomic E-state index is 0.00205. The molecule has 1 fully saturated rings. The summed E-state index contributed by atoms with van der Waals surface area (Å²) in [5.41, 5.74) is 2.76. The highest BCUT2D eigenvalue weighted by Crippen LogP contribution is 2.21. The number of hydrogen-bond acceptors (Lipinski definition) is 3. The second-order valence-electron chi connectivity index (χ2n) is 6.45. The highest BCUT2D eigenvalue weighted by atomic mass is 16.3. The molecule has 2 amide bonds. The molecule has 0 saturated carbocycles. The second kappa shape index (κ2) is 7.59. The van der Waals surface area contributed by atoms with Gasteiger partial charge in [0.1, 0.15) is 0 Å². The van der Waals surface area contributed by atoms with Crippen LogP contribution in [0.25, 0.3) is 0 Å². The molecular weight excluding hydrogens is 292 g/mol. The van der Waals surface area contributed by atoms with Gasteiger partial charge >= 0.3 is 0 Å². The molecule has 1 aliphatic heterocycles. The Kier molecular flexibility index (Phi) is 5.77. The zero-order valence-corrected chi connectivity index (χ0v) is 14.1. The maximum atomic E-state index is 12.3. The van der Waals surface area contributed by atoms with Gasteiger partial charge in [-0.15, -0.1) is 0 Å². The van der Waals surface area contributed by atoms with Crippen molar-refractivity contribution < 1.29 is 14.7 Å². The van der Waals surface area contributed by atoms with Gasteiger partial charge in [-0.1, -0.05) is 6.07 Å². The van der Waals surface area contributed by atoms with Gasteiger partial charge in [0.15, 0.2) is 0 Å². The smallest absolute Gasteiger partial charge is 0.251 e. The number of hydrogen-bond donors (Lipinski definition) is 2. The molecule has 1 aromatic rings. The van der Waals surface area contributed by atoms with Gasteiger partial charge in [0.2, 0.25) is 5.91 Å². The summed E-state index contributed by atoms with van der Waals surface area (Å²) in [5, 5.41) is 12.2. The van der Waals surface area contributed by atoms with E-state index in [-0.39, 0.29) is 24.4 Å². The number of rotatable bonds is 5. The van der Waals surface area contributed by atoms with Crippen LogP contribution in [0.4, 0.5) is 0 Å². The van der Waals surface area contributed by atoms with E-state index in [4.69, 9.17) is 0 Å². The lowest BCUT2D eigenvalue weighted by atomic mass is 10.1. The predicted octanol–water partition coefficient (Wildman–Crippen LogP) is 1.80.